The summed E-state index contributed by atoms with van der Waals surface area (Å²) in [4.78, 5) is 27.6. The first-order valence-corrected chi connectivity index (χ1v) is 13.4. The maximum atomic E-state index is 13.5. The van der Waals surface area contributed by atoms with Crippen molar-refractivity contribution in [1.82, 2.24) is 10.6 Å². The van der Waals surface area contributed by atoms with Crippen LogP contribution < -0.4 is 25.0 Å². The van der Waals surface area contributed by atoms with E-state index < -0.39 is 12.1 Å². The van der Waals surface area contributed by atoms with Crippen molar-refractivity contribution in [2.45, 2.75) is 44.9 Å². The topological polar surface area (TPSA) is 100 Å². The summed E-state index contributed by atoms with van der Waals surface area (Å²) in [5, 5.41) is 17.5. The molecule has 3 aromatic rings. The number of hydrogen-bond donors (Lipinski definition) is 3. The highest BCUT2D eigenvalue weighted by molar-refractivity contribution is 5.99. The molecule has 3 aromatic carbocycles. The normalized spacial score (nSPS) is 14.6. The predicted molar refractivity (Wildman–Crippen MR) is 151 cm³/mol. The number of carbonyl (C=O) groups excluding carboxylic acids is 2. The number of carbonyl (C=O) groups is 2. The summed E-state index contributed by atoms with van der Waals surface area (Å²) in [5.41, 5.74) is 3.06. The lowest BCUT2D eigenvalue weighted by Crippen LogP contribution is -2.48. The molecule has 0 spiro atoms. The van der Waals surface area contributed by atoms with Crippen LogP contribution in [-0.2, 0) is 17.8 Å². The minimum atomic E-state index is -0.852. The van der Waals surface area contributed by atoms with Gasteiger partial charge in [-0.15, -0.1) is 0 Å². The number of aliphatic hydroxyl groups is 1. The third-order valence-electron chi connectivity index (χ3n) is 6.75. The molecule has 0 bridgehead atoms. The first kappa shape index (κ1) is 28.1. The summed E-state index contributed by atoms with van der Waals surface area (Å²) in [7, 11) is 1.63. The fourth-order valence-corrected chi connectivity index (χ4v) is 4.73. The average molecular weight is 532 g/mol. The maximum absolute atomic E-state index is 13.5. The molecular weight excluding hydrogens is 494 g/mol. The summed E-state index contributed by atoms with van der Waals surface area (Å²) < 4.78 is 11.0. The summed E-state index contributed by atoms with van der Waals surface area (Å²) in [6.45, 7) is 3.75. The molecule has 0 aliphatic carbocycles. The molecule has 1 aliphatic rings. The molecule has 4 rings (SSSR count). The van der Waals surface area contributed by atoms with Gasteiger partial charge in [0.25, 0.3) is 5.91 Å². The Kier molecular flexibility index (Phi) is 9.94. The molecule has 39 heavy (non-hydrogen) atoms. The first-order chi connectivity index (χ1) is 19.0. The molecule has 1 heterocycles. The zero-order chi connectivity index (χ0) is 27.6. The predicted octanol–water partition coefficient (Wildman–Crippen LogP) is 3.71. The molecule has 0 aromatic heterocycles. The third-order valence-corrected chi connectivity index (χ3v) is 6.75. The van der Waals surface area contributed by atoms with Crippen molar-refractivity contribution in [3.05, 3.63) is 89.5 Å². The molecule has 2 amide bonds. The average Bonchev–Trinajstić information content (AvgIpc) is 3.39. The lowest BCUT2D eigenvalue weighted by atomic mass is 10.00. The van der Waals surface area contributed by atoms with E-state index in [9.17, 15) is 14.7 Å². The van der Waals surface area contributed by atoms with Crippen LogP contribution in [0.5, 0.6) is 11.5 Å². The van der Waals surface area contributed by atoms with E-state index in [1.165, 1.54) is 0 Å². The van der Waals surface area contributed by atoms with Gasteiger partial charge in [0.05, 0.1) is 25.9 Å². The van der Waals surface area contributed by atoms with E-state index in [1.54, 1.807) is 30.2 Å². The van der Waals surface area contributed by atoms with Crippen LogP contribution in [0, 0.1) is 0 Å². The molecule has 0 saturated carbocycles. The van der Waals surface area contributed by atoms with E-state index >= 15 is 0 Å². The van der Waals surface area contributed by atoms with Gasteiger partial charge in [-0.1, -0.05) is 42.5 Å². The second kappa shape index (κ2) is 13.8. The Morgan fingerprint density at radius 3 is 2.54 bits per heavy atom. The highest BCUT2D eigenvalue weighted by Crippen LogP contribution is 2.28. The van der Waals surface area contributed by atoms with Gasteiger partial charge in [-0.05, 0) is 55.2 Å². The van der Waals surface area contributed by atoms with E-state index in [0.29, 0.717) is 49.5 Å². The van der Waals surface area contributed by atoms with E-state index in [4.69, 9.17) is 9.47 Å². The Morgan fingerprint density at radius 2 is 1.82 bits per heavy atom. The molecule has 2 atom stereocenters. The van der Waals surface area contributed by atoms with Gasteiger partial charge in [-0.3, -0.25) is 9.59 Å². The number of benzene rings is 3. The SMILES string of the molecule is CCOc1cc(C(=O)NC(Cc2ccccc2)C(O)CNCc2cccc(OC)c2)cc(N2CCCC2=O)c1. The number of rotatable bonds is 13. The number of nitrogens with one attached hydrogen (secondary N) is 2. The summed E-state index contributed by atoms with van der Waals surface area (Å²) >= 11 is 0. The molecule has 0 radical (unpaired) electrons. The van der Waals surface area contributed by atoms with Gasteiger partial charge in [-0.25, -0.2) is 0 Å². The number of ether oxygens (including phenoxy) is 2. The molecule has 206 valence electrons. The summed E-state index contributed by atoms with van der Waals surface area (Å²) in [6.07, 6.45) is 0.883. The molecule has 2 unspecified atom stereocenters. The van der Waals surface area contributed by atoms with Crippen LogP contribution in [0.1, 0.15) is 41.3 Å². The summed E-state index contributed by atoms with van der Waals surface area (Å²) in [6, 6.07) is 22.1. The van der Waals surface area contributed by atoms with Crippen molar-refractivity contribution < 1.29 is 24.2 Å². The zero-order valence-corrected chi connectivity index (χ0v) is 22.6. The molecular formula is C31H37N3O5. The fraction of sp³-hybridized carbons (Fsp3) is 0.355. The van der Waals surface area contributed by atoms with Crippen LogP contribution in [0.15, 0.2) is 72.8 Å². The number of anilines is 1. The lowest BCUT2D eigenvalue weighted by Gasteiger charge is -2.25. The minimum Gasteiger partial charge on any atom is -0.497 e. The number of hydrogen-bond acceptors (Lipinski definition) is 6. The number of amides is 2. The first-order valence-electron chi connectivity index (χ1n) is 13.4. The number of methoxy groups -OCH3 is 1. The largest absolute Gasteiger partial charge is 0.497 e. The Hall–Kier alpha value is -3.88. The molecule has 1 fully saturated rings. The highest BCUT2D eigenvalue weighted by Gasteiger charge is 2.26. The van der Waals surface area contributed by atoms with Gasteiger partial charge < -0.3 is 30.1 Å². The van der Waals surface area contributed by atoms with Crippen molar-refractivity contribution in [1.29, 1.82) is 0 Å². The van der Waals surface area contributed by atoms with E-state index in [-0.39, 0.29) is 18.4 Å². The summed E-state index contributed by atoms with van der Waals surface area (Å²) in [5.74, 6) is 1.00. The van der Waals surface area contributed by atoms with E-state index in [0.717, 1.165) is 23.3 Å². The Labute approximate surface area is 229 Å². The second-order valence-electron chi connectivity index (χ2n) is 9.62. The molecule has 1 saturated heterocycles. The van der Waals surface area contributed by atoms with Crippen LogP contribution in [0.4, 0.5) is 5.69 Å². The monoisotopic (exact) mass is 531 g/mol. The van der Waals surface area contributed by atoms with Crippen molar-refractivity contribution >= 4 is 17.5 Å². The maximum Gasteiger partial charge on any atom is 0.251 e. The van der Waals surface area contributed by atoms with E-state index in [2.05, 4.69) is 10.6 Å². The lowest BCUT2D eigenvalue weighted by molar-refractivity contribution is -0.117. The van der Waals surface area contributed by atoms with Gasteiger partial charge >= 0.3 is 0 Å². The van der Waals surface area contributed by atoms with E-state index in [1.807, 2.05) is 61.5 Å². The number of nitrogens with zero attached hydrogens (tertiary/aromatic N) is 1. The van der Waals surface area contributed by atoms with Crippen LogP contribution >= 0.6 is 0 Å². The fourth-order valence-electron chi connectivity index (χ4n) is 4.73. The van der Waals surface area contributed by atoms with Crippen LogP contribution in [0.25, 0.3) is 0 Å². The standard InChI is InChI=1S/C31H37N3O5/c1-3-39-27-18-24(17-25(19-27)34-14-8-13-30(34)36)31(37)33-28(16-22-9-5-4-6-10-22)29(35)21-32-20-23-11-7-12-26(15-23)38-2/h4-7,9-12,15,17-19,28-29,32,35H,3,8,13-14,16,20-21H2,1-2H3,(H,33,37). The number of aliphatic hydroxyl groups excluding tert-OH is 1. The van der Waals surface area contributed by atoms with Gasteiger partial charge in [0, 0.05) is 43.4 Å². The van der Waals surface area contributed by atoms with Crippen LogP contribution in [-0.4, -0.2) is 55.9 Å². The molecule has 8 heteroatoms. The van der Waals surface area contributed by atoms with Crippen molar-refractivity contribution in [3.8, 4) is 11.5 Å². The zero-order valence-electron chi connectivity index (χ0n) is 22.6. The third kappa shape index (κ3) is 7.81. The Balaban J connectivity index is 1.49. The van der Waals surface area contributed by atoms with Crippen molar-refractivity contribution in [2.75, 3.05) is 31.7 Å². The van der Waals surface area contributed by atoms with Crippen LogP contribution in [0.3, 0.4) is 0 Å². The molecule has 1 aliphatic heterocycles. The Morgan fingerprint density at radius 1 is 1.03 bits per heavy atom. The minimum absolute atomic E-state index is 0.0366. The van der Waals surface area contributed by atoms with Crippen LogP contribution in [0.2, 0.25) is 0 Å². The quantitative estimate of drug-likeness (QED) is 0.311. The highest BCUT2D eigenvalue weighted by atomic mass is 16.5. The smallest absolute Gasteiger partial charge is 0.251 e. The van der Waals surface area contributed by atoms with Gasteiger partial charge in [0.2, 0.25) is 5.91 Å². The van der Waals surface area contributed by atoms with Gasteiger partial charge in [0.15, 0.2) is 0 Å². The second-order valence-corrected chi connectivity index (χ2v) is 9.62. The van der Waals surface area contributed by atoms with Crippen molar-refractivity contribution in [3.63, 3.8) is 0 Å². The molecule has 8 nitrogen and oxygen atoms in total. The van der Waals surface area contributed by atoms with Crippen molar-refractivity contribution in [2.24, 2.45) is 0 Å². The van der Waals surface area contributed by atoms with Gasteiger partial charge in [-0.2, -0.15) is 0 Å². The Bertz CT molecular complexity index is 1250. The van der Waals surface area contributed by atoms with Gasteiger partial charge in [0.1, 0.15) is 11.5 Å². The molecule has 3 N–H and O–H groups in total.